The summed E-state index contributed by atoms with van der Waals surface area (Å²) in [7, 11) is 0. The van der Waals surface area contributed by atoms with Crippen LogP contribution >= 0.6 is 27.7 Å². The Morgan fingerprint density at radius 3 is 2.75 bits per heavy atom. The fraction of sp³-hybridized carbons (Fsp3) is 0.286. The molecule has 1 aromatic rings. The molecule has 0 saturated heterocycles. The standard InChI is InChI=1S/C14H13BrS/c1-7-4-10-6-12-13(8(2)9(3)16-12)14(15)11(10)5-7/h4-6,9H,1-3H3. The van der Waals surface area contributed by atoms with Crippen molar-refractivity contribution >= 4 is 45.4 Å². The molecule has 2 aliphatic rings. The summed E-state index contributed by atoms with van der Waals surface area (Å²) in [5, 5.41) is 3.40. The molecule has 82 valence electrons. The summed E-state index contributed by atoms with van der Waals surface area (Å²) in [6.45, 7) is 6.68. The SMILES string of the molecule is CC1=Cc2c(Br)c3c(cc2=C1)SC(C)C=3C. The predicted molar refractivity (Wildman–Crippen MR) is 75.9 cm³/mol. The van der Waals surface area contributed by atoms with E-state index >= 15 is 0 Å². The molecule has 0 fully saturated rings. The Bertz CT molecular complexity index is 638. The molecular formula is C14H13BrS. The molecule has 1 aliphatic heterocycles. The lowest BCUT2D eigenvalue weighted by molar-refractivity contribution is 1.24. The van der Waals surface area contributed by atoms with Gasteiger partial charge in [-0.15, -0.1) is 11.8 Å². The van der Waals surface area contributed by atoms with Gasteiger partial charge in [-0.05, 0) is 59.1 Å². The fourth-order valence-corrected chi connectivity index (χ4v) is 4.64. The second kappa shape index (κ2) is 3.51. The third-order valence-electron chi connectivity index (χ3n) is 3.36. The third kappa shape index (κ3) is 1.36. The number of hydrogen-bond donors (Lipinski definition) is 0. The number of rotatable bonds is 0. The molecule has 1 heterocycles. The van der Waals surface area contributed by atoms with Crippen LogP contribution in [0.3, 0.4) is 0 Å². The molecule has 16 heavy (non-hydrogen) atoms. The van der Waals surface area contributed by atoms with E-state index in [4.69, 9.17) is 0 Å². The highest BCUT2D eigenvalue weighted by atomic mass is 79.9. The third-order valence-corrected chi connectivity index (χ3v) is 5.47. The van der Waals surface area contributed by atoms with Gasteiger partial charge in [0.1, 0.15) is 0 Å². The summed E-state index contributed by atoms with van der Waals surface area (Å²) >= 11 is 5.75. The summed E-state index contributed by atoms with van der Waals surface area (Å²) in [5.41, 5.74) is 4.19. The molecular weight excluding hydrogens is 280 g/mol. The Kier molecular flexibility index (Phi) is 2.34. The van der Waals surface area contributed by atoms with Crippen LogP contribution in [0.2, 0.25) is 0 Å². The second-order valence-corrected chi connectivity index (χ2v) is 6.72. The predicted octanol–water partition coefficient (Wildman–Crippen LogP) is 3.31. The molecule has 0 spiro atoms. The van der Waals surface area contributed by atoms with Crippen LogP contribution in [0.25, 0.3) is 17.7 Å². The maximum Gasteiger partial charge on any atom is 0.0337 e. The second-order valence-electron chi connectivity index (χ2n) is 4.54. The average molecular weight is 293 g/mol. The number of halogens is 1. The summed E-state index contributed by atoms with van der Waals surface area (Å²) in [6.07, 6.45) is 4.53. The van der Waals surface area contributed by atoms with E-state index in [2.05, 4.69) is 54.9 Å². The lowest BCUT2D eigenvalue weighted by atomic mass is 10.1. The largest absolute Gasteiger partial charge is 0.118 e. The van der Waals surface area contributed by atoms with Gasteiger partial charge in [0.2, 0.25) is 0 Å². The van der Waals surface area contributed by atoms with E-state index < -0.39 is 0 Å². The van der Waals surface area contributed by atoms with E-state index in [0.717, 1.165) is 0 Å². The van der Waals surface area contributed by atoms with Gasteiger partial charge < -0.3 is 0 Å². The zero-order valence-corrected chi connectivity index (χ0v) is 12.0. The van der Waals surface area contributed by atoms with Crippen LogP contribution in [-0.2, 0) is 0 Å². The van der Waals surface area contributed by atoms with Gasteiger partial charge in [-0.1, -0.05) is 17.7 Å². The first-order chi connectivity index (χ1) is 7.58. The molecule has 1 atom stereocenters. The molecule has 0 N–H and O–H groups in total. The van der Waals surface area contributed by atoms with E-state index in [-0.39, 0.29) is 0 Å². The van der Waals surface area contributed by atoms with Crippen molar-refractivity contribution in [1.82, 2.24) is 0 Å². The first-order valence-electron chi connectivity index (χ1n) is 5.48. The van der Waals surface area contributed by atoms with Crippen molar-refractivity contribution in [3.05, 3.63) is 32.1 Å². The topological polar surface area (TPSA) is 0 Å². The quantitative estimate of drug-likeness (QED) is 0.707. The van der Waals surface area contributed by atoms with Gasteiger partial charge in [-0.25, -0.2) is 0 Å². The van der Waals surface area contributed by atoms with E-state index in [1.165, 1.54) is 36.5 Å². The van der Waals surface area contributed by atoms with Gasteiger partial charge in [0.05, 0.1) is 0 Å². The van der Waals surface area contributed by atoms with Crippen LogP contribution in [0.15, 0.2) is 21.0 Å². The number of hydrogen-bond acceptors (Lipinski definition) is 1. The highest BCUT2D eigenvalue weighted by Crippen LogP contribution is 2.34. The van der Waals surface area contributed by atoms with Crippen LogP contribution in [0.5, 0.6) is 0 Å². The van der Waals surface area contributed by atoms with Crippen LogP contribution < -0.4 is 10.4 Å². The number of benzene rings is 1. The number of fused-ring (bicyclic) bond motifs is 2. The molecule has 3 rings (SSSR count). The minimum absolute atomic E-state index is 0.610. The zero-order chi connectivity index (χ0) is 11.4. The van der Waals surface area contributed by atoms with Gasteiger partial charge in [-0.3, -0.25) is 0 Å². The van der Waals surface area contributed by atoms with Crippen molar-refractivity contribution in [2.45, 2.75) is 30.9 Å². The highest BCUT2D eigenvalue weighted by Gasteiger charge is 2.21. The Morgan fingerprint density at radius 2 is 2.00 bits per heavy atom. The fourth-order valence-electron chi connectivity index (χ4n) is 2.38. The Balaban J connectivity index is 2.44. The van der Waals surface area contributed by atoms with Gasteiger partial charge in [-0.2, -0.15) is 0 Å². The van der Waals surface area contributed by atoms with Gasteiger partial charge in [0, 0.05) is 19.8 Å². The van der Waals surface area contributed by atoms with Crippen molar-refractivity contribution in [2.75, 3.05) is 0 Å². The van der Waals surface area contributed by atoms with E-state index in [0.29, 0.717) is 5.25 Å². The van der Waals surface area contributed by atoms with Crippen LogP contribution in [0.4, 0.5) is 0 Å². The lowest BCUT2D eigenvalue weighted by Gasteiger charge is -2.01. The van der Waals surface area contributed by atoms with Crippen molar-refractivity contribution < 1.29 is 0 Å². The monoisotopic (exact) mass is 292 g/mol. The van der Waals surface area contributed by atoms with Crippen molar-refractivity contribution in [3.8, 4) is 0 Å². The molecule has 0 radical (unpaired) electrons. The number of thioether (sulfide) groups is 1. The minimum atomic E-state index is 0.610. The summed E-state index contributed by atoms with van der Waals surface area (Å²) < 4.78 is 1.28. The summed E-state index contributed by atoms with van der Waals surface area (Å²) in [5.74, 6) is 0. The van der Waals surface area contributed by atoms with Crippen molar-refractivity contribution in [2.24, 2.45) is 0 Å². The molecule has 0 aromatic heterocycles. The van der Waals surface area contributed by atoms with Crippen LogP contribution in [0, 0.1) is 0 Å². The van der Waals surface area contributed by atoms with Gasteiger partial charge in [0.15, 0.2) is 0 Å². The normalized spacial score (nSPS) is 21.6. The zero-order valence-electron chi connectivity index (χ0n) is 9.60. The summed E-state index contributed by atoms with van der Waals surface area (Å²) in [6, 6.07) is 2.33. The summed E-state index contributed by atoms with van der Waals surface area (Å²) in [4.78, 5) is 1.43. The van der Waals surface area contributed by atoms with Crippen molar-refractivity contribution in [1.29, 1.82) is 0 Å². The molecule has 0 amide bonds. The molecule has 1 aliphatic carbocycles. The van der Waals surface area contributed by atoms with Crippen LogP contribution in [-0.4, -0.2) is 5.25 Å². The molecule has 2 heteroatoms. The van der Waals surface area contributed by atoms with E-state index in [1.54, 1.807) is 0 Å². The maximum absolute atomic E-state index is 3.78. The van der Waals surface area contributed by atoms with Gasteiger partial charge >= 0.3 is 0 Å². The molecule has 1 aromatic carbocycles. The Hall–Kier alpha value is -0.470. The number of allylic oxidation sites excluding steroid dienone is 1. The Labute approximate surface area is 108 Å². The van der Waals surface area contributed by atoms with Gasteiger partial charge in [0.25, 0.3) is 0 Å². The highest BCUT2D eigenvalue weighted by molar-refractivity contribution is 9.10. The molecule has 0 bridgehead atoms. The first-order valence-corrected chi connectivity index (χ1v) is 7.15. The van der Waals surface area contributed by atoms with Crippen molar-refractivity contribution in [3.63, 3.8) is 0 Å². The lowest BCUT2D eigenvalue weighted by Crippen LogP contribution is -2.16. The first kappa shape index (κ1) is 10.7. The van der Waals surface area contributed by atoms with E-state index in [1.807, 2.05) is 11.8 Å². The molecule has 0 nitrogen and oxygen atoms in total. The Morgan fingerprint density at radius 1 is 1.25 bits per heavy atom. The maximum atomic E-state index is 3.78. The molecule has 1 unspecified atom stereocenters. The van der Waals surface area contributed by atoms with Crippen LogP contribution in [0.1, 0.15) is 26.3 Å². The minimum Gasteiger partial charge on any atom is -0.118 e. The molecule has 0 saturated carbocycles. The average Bonchev–Trinajstić information content (AvgIpc) is 2.70. The smallest absolute Gasteiger partial charge is 0.0337 e. The van der Waals surface area contributed by atoms with E-state index in [9.17, 15) is 0 Å².